The summed E-state index contributed by atoms with van der Waals surface area (Å²) in [4.78, 5) is 27.8. The molecule has 8 nitrogen and oxygen atoms in total. The van der Waals surface area contributed by atoms with Crippen molar-refractivity contribution in [3.8, 4) is 5.75 Å². The third-order valence-electron chi connectivity index (χ3n) is 4.64. The number of esters is 1. The Morgan fingerprint density at radius 2 is 1.97 bits per heavy atom. The van der Waals surface area contributed by atoms with Gasteiger partial charge in [-0.3, -0.25) is 0 Å². The highest BCUT2D eigenvalue weighted by Gasteiger charge is 2.19. The lowest BCUT2D eigenvalue weighted by Crippen LogP contribution is -2.20. The zero-order valence-electron chi connectivity index (χ0n) is 16.3. The second kappa shape index (κ2) is 8.74. The number of nitrogens with zero attached hydrogens (tertiary/aromatic N) is 2. The second-order valence-electron chi connectivity index (χ2n) is 6.55. The molecule has 1 heterocycles. The molecule has 3 aromatic rings. The molecule has 0 amide bonds. The fourth-order valence-corrected chi connectivity index (χ4v) is 3.01. The maximum Gasteiger partial charge on any atom is 0.338 e. The summed E-state index contributed by atoms with van der Waals surface area (Å²) in [6, 6.07) is 9.60. The standard InChI is InChI=1S/C21H23N3O5/c1-3-4-9-29-21(27)14-6-8-16-17(10-14)24(12-23-16)19(22)15-7-5-13(20(25)26)11-18(15)28-2/h5-8,10-12,19H,3-4,9,22H2,1-2H3,(H,25,26). The molecule has 0 spiro atoms. The van der Waals surface area contributed by atoms with Crippen LogP contribution in [0.1, 0.15) is 52.2 Å². The van der Waals surface area contributed by atoms with E-state index >= 15 is 0 Å². The van der Waals surface area contributed by atoms with E-state index in [4.69, 9.17) is 15.2 Å². The van der Waals surface area contributed by atoms with Gasteiger partial charge in [0.15, 0.2) is 0 Å². The molecule has 0 bridgehead atoms. The molecule has 0 radical (unpaired) electrons. The van der Waals surface area contributed by atoms with E-state index in [0.717, 1.165) is 12.8 Å². The van der Waals surface area contributed by atoms with Gasteiger partial charge < -0.3 is 24.9 Å². The van der Waals surface area contributed by atoms with Crippen LogP contribution in [-0.2, 0) is 4.74 Å². The Balaban J connectivity index is 1.96. The number of aromatic carboxylic acids is 1. The molecule has 0 aliphatic carbocycles. The van der Waals surface area contributed by atoms with Gasteiger partial charge in [0.05, 0.1) is 42.2 Å². The molecule has 152 valence electrons. The number of fused-ring (bicyclic) bond motifs is 1. The highest BCUT2D eigenvalue weighted by atomic mass is 16.5. The molecule has 2 aromatic carbocycles. The molecular weight excluding hydrogens is 374 g/mol. The van der Waals surface area contributed by atoms with Crippen molar-refractivity contribution in [3.05, 3.63) is 59.4 Å². The smallest absolute Gasteiger partial charge is 0.338 e. The van der Waals surface area contributed by atoms with Gasteiger partial charge in [-0.25, -0.2) is 14.6 Å². The van der Waals surface area contributed by atoms with Crippen molar-refractivity contribution in [1.82, 2.24) is 9.55 Å². The van der Waals surface area contributed by atoms with Gasteiger partial charge in [-0.15, -0.1) is 0 Å². The van der Waals surface area contributed by atoms with Crippen LogP contribution < -0.4 is 10.5 Å². The predicted molar refractivity (Wildman–Crippen MR) is 107 cm³/mol. The number of imidazole rings is 1. The summed E-state index contributed by atoms with van der Waals surface area (Å²) in [6.07, 6.45) is 2.63. The van der Waals surface area contributed by atoms with Gasteiger partial charge >= 0.3 is 11.9 Å². The van der Waals surface area contributed by atoms with Crippen LogP contribution in [0.4, 0.5) is 0 Å². The molecule has 29 heavy (non-hydrogen) atoms. The van der Waals surface area contributed by atoms with Crippen LogP contribution in [0.5, 0.6) is 5.75 Å². The molecule has 3 N–H and O–H groups in total. The summed E-state index contributed by atoms with van der Waals surface area (Å²) in [5.41, 5.74) is 8.87. The van der Waals surface area contributed by atoms with E-state index in [-0.39, 0.29) is 5.56 Å². The van der Waals surface area contributed by atoms with E-state index in [2.05, 4.69) is 4.98 Å². The normalized spacial score (nSPS) is 12.0. The average Bonchev–Trinajstić information content (AvgIpc) is 3.16. The molecule has 1 unspecified atom stereocenters. The van der Waals surface area contributed by atoms with E-state index in [9.17, 15) is 14.7 Å². The lowest BCUT2D eigenvalue weighted by Gasteiger charge is -2.18. The number of methoxy groups -OCH3 is 1. The van der Waals surface area contributed by atoms with Gasteiger partial charge in [0.2, 0.25) is 0 Å². The highest BCUT2D eigenvalue weighted by Crippen LogP contribution is 2.29. The minimum Gasteiger partial charge on any atom is -0.496 e. The number of hydrogen-bond donors (Lipinski definition) is 2. The van der Waals surface area contributed by atoms with E-state index < -0.39 is 18.1 Å². The number of rotatable bonds is 8. The van der Waals surface area contributed by atoms with Crippen molar-refractivity contribution in [2.45, 2.75) is 25.9 Å². The monoisotopic (exact) mass is 397 g/mol. The van der Waals surface area contributed by atoms with Crippen molar-refractivity contribution < 1.29 is 24.2 Å². The van der Waals surface area contributed by atoms with Crippen molar-refractivity contribution in [2.24, 2.45) is 5.73 Å². The van der Waals surface area contributed by atoms with Gasteiger partial charge in [-0.2, -0.15) is 0 Å². The lowest BCUT2D eigenvalue weighted by molar-refractivity contribution is 0.0499. The summed E-state index contributed by atoms with van der Waals surface area (Å²) >= 11 is 0. The molecule has 0 fully saturated rings. The third-order valence-corrected chi connectivity index (χ3v) is 4.64. The number of carbonyl (C=O) groups excluding carboxylic acids is 1. The highest BCUT2D eigenvalue weighted by molar-refractivity contribution is 5.93. The van der Waals surface area contributed by atoms with Crippen LogP contribution in [0.3, 0.4) is 0 Å². The SMILES string of the molecule is CCCCOC(=O)c1ccc2ncn(C(N)c3ccc(C(=O)O)cc3OC)c2c1. The number of nitrogens with two attached hydrogens (primary N) is 1. The third kappa shape index (κ3) is 4.22. The number of hydrogen-bond acceptors (Lipinski definition) is 6. The van der Waals surface area contributed by atoms with Crippen LogP contribution >= 0.6 is 0 Å². The fraction of sp³-hybridized carbons (Fsp3) is 0.286. The zero-order chi connectivity index (χ0) is 21.0. The first-order chi connectivity index (χ1) is 14.0. The maximum atomic E-state index is 12.3. The van der Waals surface area contributed by atoms with E-state index in [1.807, 2.05) is 6.92 Å². The Kier molecular flexibility index (Phi) is 6.13. The fourth-order valence-electron chi connectivity index (χ4n) is 3.01. The van der Waals surface area contributed by atoms with Crippen LogP contribution in [0, 0.1) is 0 Å². The molecule has 0 aliphatic heterocycles. The molecule has 0 aliphatic rings. The molecule has 1 aromatic heterocycles. The number of unbranched alkanes of at least 4 members (excludes halogenated alkanes) is 1. The Labute approximate surface area is 167 Å². The molecular formula is C21H23N3O5. The van der Waals surface area contributed by atoms with Gasteiger partial charge in [-0.05, 0) is 36.8 Å². The van der Waals surface area contributed by atoms with Crippen molar-refractivity contribution in [3.63, 3.8) is 0 Å². The summed E-state index contributed by atoms with van der Waals surface area (Å²) in [5.74, 6) is -1.10. The number of benzene rings is 2. The van der Waals surface area contributed by atoms with Crippen molar-refractivity contribution in [2.75, 3.05) is 13.7 Å². The van der Waals surface area contributed by atoms with E-state index in [1.54, 1.807) is 35.2 Å². The Bertz CT molecular complexity index is 1040. The maximum absolute atomic E-state index is 12.3. The van der Waals surface area contributed by atoms with Gasteiger partial charge in [0.1, 0.15) is 11.9 Å². The zero-order valence-corrected chi connectivity index (χ0v) is 16.3. The number of carboxylic acids is 1. The minimum atomic E-state index is -1.05. The summed E-state index contributed by atoms with van der Waals surface area (Å²) in [5, 5.41) is 9.17. The number of carboxylic acid groups (broad SMARTS) is 1. The first-order valence-corrected chi connectivity index (χ1v) is 9.26. The van der Waals surface area contributed by atoms with Crippen LogP contribution in [0.2, 0.25) is 0 Å². The quantitative estimate of drug-likeness (QED) is 0.443. The Hall–Kier alpha value is -3.39. The molecule has 1 atom stereocenters. The van der Waals surface area contributed by atoms with Crippen LogP contribution in [0.25, 0.3) is 11.0 Å². The summed E-state index contributed by atoms with van der Waals surface area (Å²) in [6.45, 7) is 2.40. The topological polar surface area (TPSA) is 117 Å². The largest absolute Gasteiger partial charge is 0.496 e. The summed E-state index contributed by atoms with van der Waals surface area (Å²) < 4.78 is 12.3. The first kappa shape index (κ1) is 20.3. The molecule has 8 heteroatoms. The molecule has 3 rings (SSSR count). The summed E-state index contributed by atoms with van der Waals surface area (Å²) in [7, 11) is 1.45. The lowest BCUT2D eigenvalue weighted by atomic mass is 10.1. The number of ether oxygens (including phenoxy) is 2. The predicted octanol–water partition coefficient (Wildman–Crippen LogP) is 3.21. The Morgan fingerprint density at radius 3 is 2.66 bits per heavy atom. The second-order valence-corrected chi connectivity index (χ2v) is 6.55. The van der Waals surface area contributed by atoms with Crippen molar-refractivity contribution in [1.29, 1.82) is 0 Å². The first-order valence-electron chi connectivity index (χ1n) is 9.26. The van der Waals surface area contributed by atoms with E-state index in [1.165, 1.54) is 19.2 Å². The minimum absolute atomic E-state index is 0.102. The van der Waals surface area contributed by atoms with Crippen molar-refractivity contribution >= 4 is 23.0 Å². The van der Waals surface area contributed by atoms with Crippen LogP contribution in [0.15, 0.2) is 42.7 Å². The van der Waals surface area contributed by atoms with Gasteiger partial charge in [0.25, 0.3) is 0 Å². The molecule has 0 saturated heterocycles. The van der Waals surface area contributed by atoms with Crippen LogP contribution in [-0.4, -0.2) is 40.3 Å². The van der Waals surface area contributed by atoms with Gasteiger partial charge in [0, 0.05) is 5.56 Å². The average molecular weight is 397 g/mol. The molecule has 0 saturated carbocycles. The number of carbonyl (C=O) groups is 2. The Morgan fingerprint density at radius 1 is 1.21 bits per heavy atom. The van der Waals surface area contributed by atoms with E-state index in [0.29, 0.717) is 34.5 Å². The van der Waals surface area contributed by atoms with Gasteiger partial charge in [-0.1, -0.05) is 19.4 Å². The number of aromatic nitrogens is 2.